The third kappa shape index (κ3) is 6.33. The maximum atomic E-state index is 13.1. The summed E-state index contributed by atoms with van der Waals surface area (Å²) in [6.45, 7) is 2.96. The topological polar surface area (TPSA) is 254 Å². The zero-order chi connectivity index (χ0) is 39.9. The first-order valence-electron chi connectivity index (χ1n) is 20.4. The van der Waals surface area contributed by atoms with E-state index < -0.39 is 101 Å². The molecule has 17 heteroatoms. The number of aliphatic hydroxyl groups excluding tert-OH is 5. The van der Waals surface area contributed by atoms with Crippen molar-refractivity contribution in [1.82, 2.24) is 10.6 Å². The van der Waals surface area contributed by atoms with Crippen LogP contribution in [0.15, 0.2) is 11.6 Å². The predicted molar refractivity (Wildman–Crippen MR) is 196 cm³/mol. The molecule has 9 N–H and O–H groups in total. The Hall–Kier alpha value is -2.06. The highest BCUT2D eigenvalue weighted by Crippen LogP contribution is 2.70. The summed E-state index contributed by atoms with van der Waals surface area (Å²) < 4.78 is 23.2. The van der Waals surface area contributed by atoms with Gasteiger partial charge in [-0.1, -0.05) is 13.3 Å². The quantitative estimate of drug-likeness (QED) is 0.0598. The minimum Gasteiger partial charge on any atom is -0.458 e. The Bertz CT molecular complexity index is 1590. The predicted octanol–water partition coefficient (Wildman–Crippen LogP) is -0.238. The Morgan fingerprint density at radius 1 is 1.05 bits per heavy atom. The van der Waals surface area contributed by atoms with E-state index in [0.29, 0.717) is 32.1 Å². The lowest BCUT2D eigenvalue weighted by atomic mass is 9.40. The Morgan fingerprint density at radius 3 is 2.57 bits per heavy atom. The van der Waals surface area contributed by atoms with Gasteiger partial charge in [0, 0.05) is 47.7 Å². The lowest BCUT2D eigenvalue weighted by molar-refractivity contribution is -0.343. The first-order chi connectivity index (χ1) is 26.5. The van der Waals surface area contributed by atoms with E-state index in [-0.39, 0.29) is 68.0 Å². The van der Waals surface area contributed by atoms with E-state index >= 15 is 0 Å². The van der Waals surface area contributed by atoms with Crippen molar-refractivity contribution < 1.29 is 69.1 Å². The number of hydrogen-bond acceptors (Lipinski definition) is 15. The Kier molecular flexibility index (Phi) is 10.8. The maximum absolute atomic E-state index is 13.1. The van der Waals surface area contributed by atoms with Crippen molar-refractivity contribution in [2.24, 2.45) is 28.6 Å². The monoisotopic (exact) mass is 810 g/mol. The van der Waals surface area contributed by atoms with Crippen LogP contribution in [0, 0.1) is 28.6 Å². The second kappa shape index (κ2) is 14.9. The molecule has 56 heavy (non-hydrogen) atoms. The maximum Gasteiger partial charge on any atom is 0.331 e. The number of carbonyl (C=O) groups excluding carboxylic acids is 3. The summed E-state index contributed by atoms with van der Waals surface area (Å²) in [5, 5.41) is 88.2. The summed E-state index contributed by atoms with van der Waals surface area (Å²) >= 11 is 1.79. The van der Waals surface area contributed by atoms with Crippen molar-refractivity contribution in [3.05, 3.63) is 11.6 Å². The second-order valence-corrected chi connectivity index (χ2v) is 19.4. The molecular formula is C39H58N2O14S. The summed E-state index contributed by atoms with van der Waals surface area (Å²) in [7, 11) is 0. The van der Waals surface area contributed by atoms with E-state index in [1.54, 1.807) is 18.7 Å². The molecule has 0 aromatic carbocycles. The average molecular weight is 811 g/mol. The number of cyclic esters (lactones) is 1. The van der Waals surface area contributed by atoms with Gasteiger partial charge in [-0.2, -0.15) is 11.8 Å². The molecule has 314 valence electrons. The first-order valence-corrected chi connectivity index (χ1v) is 21.4. The zero-order valence-electron chi connectivity index (χ0n) is 32.0. The fourth-order valence-electron chi connectivity index (χ4n) is 12.7. The summed E-state index contributed by atoms with van der Waals surface area (Å²) in [6, 6.07) is 0.00809. The fourth-order valence-corrected chi connectivity index (χ4v) is 14.2. The van der Waals surface area contributed by atoms with Gasteiger partial charge >= 0.3 is 18.0 Å². The van der Waals surface area contributed by atoms with Gasteiger partial charge in [-0.3, -0.25) is 4.79 Å². The van der Waals surface area contributed by atoms with Crippen LogP contribution in [0.25, 0.3) is 0 Å². The van der Waals surface area contributed by atoms with E-state index in [9.17, 15) is 50.1 Å². The van der Waals surface area contributed by atoms with Crippen molar-refractivity contribution in [1.29, 1.82) is 0 Å². The average Bonchev–Trinajstić information content (AvgIpc) is 3.90. The summed E-state index contributed by atoms with van der Waals surface area (Å²) in [4.78, 5) is 36.8. The second-order valence-electron chi connectivity index (χ2n) is 18.2. The molecule has 3 saturated heterocycles. The van der Waals surface area contributed by atoms with E-state index in [2.05, 4.69) is 10.6 Å². The molecule has 8 aliphatic rings. The van der Waals surface area contributed by atoms with Crippen LogP contribution in [-0.4, -0.2) is 150 Å². The highest BCUT2D eigenvalue weighted by Gasteiger charge is 2.75. The van der Waals surface area contributed by atoms with Gasteiger partial charge < -0.3 is 65.3 Å². The van der Waals surface area contributed by atoms with E-state index in [0.717, 1.165) is 17.7 Å². The number of urea groups is 1. The van der Waals surface area contributed by atoms with Crippen LogP contribution in [0.2, 0.25) is 0 Å². The highest BCUT2D eigenvalue weighted by atomic mass is 32.2. The van der Waals surface area contributed by atoms with E-state index in [1.807, 2.05) is 6.92 Å². The number of esters is 2. The smallest absolute Gasteiger partial charge is 0.331 e. The molecule has 0 aromatic rings. The fraction of sp³-hybridized carbons (Fsp3) is 0.872. The number of nitrogens with one attached hydrogen (secondary N) is 2. The van der Waals surface area contributed by atoms with Crippen molar-refractivity contribution in [2.75, 3.05) is 19.0 Å². The van der Waals surface area contributed by atoms with Crippen LogP contribution in [0.3, 0.4) is 0 Å². The first kappa shape index (κ1) is 40.7. The van der Waals surface area contributed by atoms with E-state index in [1.165, 1.54) is 6.08 Å². The van der Waals surface area contributed by atoms with Gasteiger partial charge in [0.2, 0.25) is 0 Å². The third-order valence-electron chi connectivity index (χ3n) is 15.5. The molecule has 4 heterocycles. The normalized spacial score (nSPS) is 50.8. The molecule has 4 saturated carbocycles. The Balaban J connectivity index is 0.939. The van der Waals surface area contributed by atoms with Gasteiger partial charge in [-0.05, 0) is 69.3 Å². The molecule has 0 unspecified atom stereocenters. The van der Waals surface area contributed by atoms with Crippen molar-refractivity contribution >= 4 is 29.7 Å². The minimum absolute atomic E-state index is 0.0408. The lowest BCUT2D eigenvalue weighted by Crippen LogP contribution is -2.76. The molecular weight excluding hydrogens is 752 g/mol. The van der Waals surface area contributed by atoms with Crippen molar-refractivity contribution in [2.45, 2.75) is 162 Å². The molecule has 4 aliphatic carbocycles. The highest BCUT2D eigenvalue weighted by molar-refractivity contribution is 8.00. The Morgan fingerprint density at radius 2 is 1.84 bits per heavy atom. The molecule has 8 rings (SSSR count). The van der Waals surface area contributed by atoms with Gasteiger partial charge in [0.15, 0.2) is 12.4 Å². The largest absolute Gasteiger partial charge is 0.458 e. The number of amides is 2. The number of ether oxygens (including phenoxy) is 4. The number of carbonyl (C=O) groups is 3. The van der Waals surface area contributed by atoms with Crippen LogP contribution in [0.1, 0.15) is 84.5 Å². The van der Waals surface area contributed by atoms with Gasteiger partial charge in [0.05, 0.1) is 59.7 Å². The third-order valence-corrected chi connectivity index (χ3v) is 17.0. The number of fused-ring (bicyclic) bond motifs is 6. The number of unbranched alkanes of at least 4 members (excludes halogenated alkanes) is 1. The molecule has 4 aliphatic heterocycles. The number of rotatable bonds is 10. The molecule has 0 bridgehead atoms. The molecule has 16 nitrogen and oxygen atoms in total. The standard InChI is InChI=1S/C39H58N2O14S/c1-18-31(47)32(48)33(55-27(45)6-4-3-5-25-30-23(16-56-25)40-35(49)41-30)34(53-18)54-20-12-26(44)38(17-42)29-22(7-9-37(38,50)13-20)39(51)10-8-21(19-11-28(46)52-15-19)36(39,2)14-24(29)43/h11,18,20-26,29-34,42-44,47-48,50-51H,3-10,12-17H2,1-2H3,(H2,40,41,49)/t18-,20-,21+,22+,23-,24+,25-,26+,29+,30-,31-,32+,33+,34-,36+,37-,38+,39-/m0/s1. The Labute approximate surface area is 330 Å². The SMILES string of the molecule is C[C@@H]1O[C@@H](O[C@H]2C[C@@H](O)[C@]3(CO)[C@H]4[C@H](O)C[C@]5(C)[C@@H](C6=CC(=O)OC6)CC[C@]5(O)[C@@H]4CC[C@]3(O)C2)[C@H](OC(=O)CCCC[C@@H]2SC[C@@H]3NC(=O)N[C@@H]32)[C@H](O)[C@H]1O. The lowest BCUT2D eigenvalue weighted by Gasteiger charge is -2.68. The van der Waals surface area contributed by atoms with Gasteiger partial charge in [0.1, 0.15) is 18.8 Å². The van der Waals surface area contributed by atoms with Crippen LogP contribution < -0.4 is 10.6 Å². The van der Waals surface area contributed by atoms with Crippen molar-refractivity contribution in [3.8, 4) is 0 Å². The van der Waals surface area contributed by atoms with Crippen molar-refractivity contribution in [3.63, 3.8) is 0 Å². The summed E-state index contributed by atoms with van der Waals surface area (Å²) in [6.07, 6.45) is -5.20. The summed E-state index contributed by atoms with van der Waals surface area (Å²) in [5.74, 6) is -1.86. The molecule has 0 aromatic heterocycles. The van der Waals surface area contributed by atoms with Crippen LogP contribution in [-0.2, 0) is 28.5 Å². The summed E-state index contributed by atoms with van der Waals surface area (Å²) in [5.41, 5.74) is -4.70. The number of hydrogen-bond donors (Lipinski definition) is 9. The van der Waals surface area contributed by atoms with Gasteiger partial charge in [0.25, 0.3) is 0 Å². The van der Waals surface area contributed by atoms with Crippen LogP contribution in [0.4, 0.5) is 4.79 Å². The van der Waals surface area contributed by atoms with Gasteiger partial charge in [-0.15, -0.1) is 0 Å². The molecule has 2 amide bonds. The molecule has 0 spiro atoms. The minimum atomic E-state index is -1.75. The van der Waals surface area contributed by atoms with Gasteiger partial charge in [-0.25, -0.2) is 9.59 Å². The van der Waals surface area contributed by atoms with Crippen LogP contribution >= 0.6 is 11.8 Å². The van der Waals surface area contributed by atoms with Crippen LogP contribution in [0.5, 0.6) is 0 Å². The van der Waals surface area contributed by atoms with E-state index in [4.69, 9.17) is 18.9 Å². The zero-order valence-corrected chi connectivity index (χ0v) is 32.8. The molecule has 7 fully saturated rings. The molecule has 18 atom stereocenters. The molecule has 0 radical (unpaired) electrons. The number of aliphatic hydroxyl groups is 7. The number of thioether (sulfide) groups is 1.